The molecule has 0 radical (unpaired) electrons. The van der Waals surface area contributed by atoms with E-state index in [0.717, 1.165) is 11.8 Å². The minimum Gasteiger partial charge on any atom is -0.308 e. The Hall–Kier alpha value is -0.120. The highest BCUT2D eigenvalue weighted by Gasteiger charge is 2.38. The third-order valence-corrected chi connectivity index (χ3v) is 6.00. The van der Waals surface area contributed by atoms with E-state index in [1.807, 2.05) is 0 Å². The van der Waals surface area contributed by atoms with E-state index in [2.05, 4.69) is 49.9 Å². The van der Waals surface area contributed by atoms with Crippen LogP contribution in [-0.2, 0) is 0 Å². The molecule has 0 aromatic carbocycles. The van der Waals surface area contributed by atoms with Crippen LogP contribution in [-0.4, -0.2) is 61.2 Å². The van der Waals surface area contributed by atoms with Crippen molar-refractivity contribution in [2.24, 2.45) is 11.8 Å². The fourth-order valence-electron chi connectivity index (χ4n) is 4.35. The highest BCUT2D eigenvalue weighted by Crippen LogP contribution is 2.28. The maximum absolute atomic E-state index is 3.89. The lowest BCUT2D eigenvalue weighted by Gasteiger charge is -2.50. The zero-order valence-electron chi connectivity index (χ0n) is 15.0. The molecule has 3 heteroatoms. The number of piperazine rings is 1. The molecule has 2 atom stereocenters. The molecule has 0 aromatic rings. The molecular weight excluding hydrogens is 258 g/mol. The zero-order valence-corrected chi connectivity index (χ0v) is 15.0. The highest BCUT2D eigenvalue weighted by molar-refractivity contribution is 4.98. The zero-order chi connectivity index (χ0) is 15.5. The number of nitrogens with one attached hydrogen (secondary N) is 1. The van der Waals surface area contributed by atoms with Crippen molar-refractivity contribution in [1.29, 1.82) is 0 Å². The van der Waals surface area contributed by atoms with E-state index in [0.29, 0.717) is 11.6 Å². The van der Waals surface area contributed by atoms with Gasteiger partial charge in [0.15, 0.2) is 0 Å². The highest BCUT2D eigenvalue weighted by atomic mass is 15.3. The quantitative estimate of drug-likeness (QED) is 0.841. The first-order valence-electron chi connectivity index (χ1n) is 9.17. The van der Waals surface area contributed by atoms with E-state index >= 15 is 0 Å². The largest absolute Gasteiger partial charge is 0.308 e. The number of hydrogen-bond donors (Lipinski definition) is 1. The molecule has 0 bridgehead atoms. The minimum absolute atomic E-state index is 0.353. The molecule has 21 heavy (non-hydrogen) atoms. The monoisotopic (exact) mass is 295 g/mol. The molecule has 2 fully saturated rings. The van der Waals surface area contributed by atoms with Crippen molar-refractivity contribution in [1.82, 2.24) is 15.1 Å². The van der Waals surface area contributed by atoms with E-state index in [-0.39, 0.29) is 0 Å². The van der Waals surface area contributed by atoms with Crippen LogP contribution in [0.4, 0.5) is 0 Å². The van der Waals surface area contributed by atoms with Crippen LogP contribution in [0.25, 0.3) is 0 Å². The van der Waals surface area contributed by atoms with E-state index < -0.39 is 0 Å². The van der Waals surface area contributed by atoms with Gasteiger partial charge in [-0.3, -0.25) is 4.90 Å². The lowest BCUT2D eigenvalue weighted by Crippen LogP contribution is -2.65. The second kappa shape index (κ2) is 7.43. The first kappa shape index (κ1) is 17.2. The van der Waals surface area contributed by atoms with Crippen LogP contribution in [0.3, 0.4) is 0 Å². The standard InChI is InChI=1S/C18H37N3/c1-6-18(7-2)14-21(17(11-19-18)15(3)4)13-16-9-8-10-20(5)12-16/h15-17,19H,6-14H2,1-5H3. The summed E-state index contributed by atoms with van der Waals surface area (Å²) < 4.78 is 0. The van der Waals surface area contributed by atoms with Gasteiger partial charge in [0.1, 0.15) is 0 Å². The molecule has 2 heterocycles. The maximum Gasteiger partial charge on any atom is 0.0304 e. The summed E-state index contributed by atoms with van der Waals surface area (Å²) in [5, 5.41) is 3.89. The summed E-state index contributed by atoms with van der Waals surface area (Å²) in [6.07, 6.45) is 5.29. The van der Waals surface area contributed by atoms with Gasteiger partial charge in [-0.15, -0.1) is 0 Å². The second-order valence-electron chi connectivity index (χ2n) is 7.88. The van der Waals surface area contributed by atoms with E-state index in [1.54, 1.807) is 0 Å². The molecule has 2 saturated heterocycles. The summed E-state index contributed by atoms with van der Waals surface area (Å²) in [5.74, 6) is 1.61. The number of likely N-dealkylation sites (tertiary alicyclic amines) is 1. The molecule has 1 N–H and O–H groups in total. The van der Waals surface area contributed by atoms with E-state index in [1.165, 1.54) is 58.4 Å². The van der Waals surface area contributed by atoms with Crippen molar-refractivity contribution in [2.45, 2.75) is 65.0 Å². The topological polar surface area (TPSA) is 18.5 Å². The van der Waals surface area contributed by atoms with Gasteiger partial charge >= 0.3 is 0 Å². The van der Waals surface area contributed by atoms with Crippen molar-refractivity contribution in [3.8, 4) is 0 Å². The molecule has 2 rings (SSSR count). The van der Waals surface area contributed by atoms with Gasteiger partial charge in [0.2, 0.25) is 0 Å². The van der Waals surface area contributed by atoms with Crippen LogP contribution in [0.15, 0.2) is 0 Å². The van der Waals surface area contributed by atoms with Crippen molar-refractivity contribution >= 4 is 0 Å². The van der Waals surface area contributed by atoms with Gasteiger partial charge in [0, 0.05) is 37.8 Å². The number of hydrogen-bond acceptors (Lipinski definition) is 3. The Kier molecular flexibility index (Phi) is 6.10. The van der Waals surface area contributed by atoms with E-state index in [4.69, 9.17) is 0 Å². The summed E-state index contributed by atoms with van der Waals surface area (Å²) in [6.45, 7) is 15.8. The molecule has 0 aromatic heterocycles. The third-order valence-electron chi connectivity index (χ3n) is 6.00. The number of piperidine rings is 1. The smallest absolute Gasteiger partial charge is 0.0304 e. The van der Waals surface area contributed by atoms with Gasteiger partial charge < -0.3 is 10.2 Å². The molecule has 124 valence electrons. The Morgan fingerprint density at radius 2 is 1.95 bits per heavy atom. The van der Waals surface area contributed by atoms with Crippen LogP contribution in [0.1, 0.15) is 53.4 Å². The second-order valence-corrected chi connectivity index (χ2v) is 7.88. The van der Waals surface area contributed by atoms with Crippen LogP contribution in [0.2, 0.25) is 0 Å². The van der Waals surface area contributed by atoms with Crippen LogP contribution in [0, 0.1) is 11.8 Å². The maximum atomic E-state index is 3.89. The summed E-state index contributed by atoms with van der Waals surface area (Å²) in [6, 6.07) is 0.712. The molecule has 0 saturated carbocycles. The first-order chi connectivity index (χ1) is 9.99. The molecule has 2 aliphatic rings. The van der Waals surface area contributed by atoms with Crippen molar-refractivity contribution < 1.29 is 0 Å². The van der Waals surface area contributed by atoms with Crippen LogP contribution in [0.5, 0.6) is 0 Å². The predicted octanol–water partition coefficient (Wildman–Crippen LogP) is 2.82. The summed E-state index contributed by atoms with van der Waals surface area (Å²) in [5.41, 5.74) is 0.353. The SMILES string of the molecule is CCC1(CC)CN(CC2CCCN(C)C2)C(C(C)C)CN1. The average Bonchev–Trinajstić information content (AvgIpc) is 2.47. The Labute approximate surface area is 132 Å². The van der Waals surface area contributed by atoms with Crippen LogP contribution < -0.4 is 5.32 Å². The fraction of sp³-hybridized carbons (Fsp3) is 1.00. The summed E-state index contributed by atoms with van der Waals surface area (Å²) >= 11 is 0. The summed E-state index contributed by atoms with van der Waals surface area (Å²) in [4.78, 5) is 5.35. The van der Waals surface area contributed by atoms with Gasteiger partial charge in [-0.25, -0.2) is 0 Å². The van der Waals surface area contributed by atoms with Gasteiger partial charge in [-0.1, -0.05) is 27.7 Å². The fourth-order valence-corrected chi connectivity index (χ4v) is 4.35. The normalized spacial score (nSPS) is 31.7. The molecule has 2 unspecified atom stereocenters. The van der Waals surface area contributed by atoms with Gasteiger partial charge in [-0.05, 0) is 51.1 Å². The molecular formula is C18H37N3. The Morgan fingerprint density at radius 1 is 1.24 bits per heavy atom. The van der Waals surface area contributed by atoms with Crippen LogP contribution >= 0.6 is 0 Å². The number of nitrogens with zero attached hydrogens (tertiary/aromatic N) is 2. The van der Waals surface area contributed by atoms with Crippen molar-refractivity contribution in [3.63, 3.8) is 0 Å². The first-order valence-corrected chi connectivity index (χ1v) is 9.17. The number of rotatable bonds is 5. The van der Waals surface area contributed by atoms with Gasteiger partial charge in [-0.2, -0.15) is 0 Å². The lowest BCUT2D eigenvalue weighted by atomic mass is 9.85. The predicted molar refractivity (Wildman–Crippen MR) is 91.7 cm³/mol. The molecule has 0 aliphatic carbocycles. The Morgan fingerprint density at radius 3 is 2.52 bits per heavy atom. The van der Waals surface area contributed by atoms with Crippen molar-refractivity contribution in [2.75, 3.05) is 39.8 Å². The molecule has 3 nitrogen and oxygen atoms in total. The third kappa shape index (κ3) is 4.20. The Bertz CT molecular complexity index is 312. The molecule has 0 amide bonds. The lowest BCUT2D eigenvalue weighted by molar-refractivity contribution is 0.0280. The molecule has 0 spiro atoms. The minimum atomic E-state index is 0.353. The summed E-state index contributed by atoms with van der Waals surface area (Å²) in [7, 11) is 2.28. The van der Waals surface area contributed by atoms with Gasteiger partial charge in [0.05, 0.1) is 0 Å². The van der Waals surface area contributed by atoms with Gasteiger partial charge in [0.25, 0.3) is 0 Å². The van der Waals surface area contributed by atoms with E-state index in [9.17, 15) is 0 Å². The molecule has 2 aliphatic heterocycles. The Balaban J connectivity index is 2.03. The van der Waals surface area contributed by atoms with Crippen molar-refractivity contribution in [3.05, 3.63) is 0 Å². The average molecular weight is 296 g/mol.